The van der Waals surface area contributed by atoms with Gasteiger partial charge in [-0.1, -0.05) is 66.7 Å². The molecule has 0 aliphatic heterocycles. The van der Waals surface area contributed by atoms with Crippen LogP contribution >= 0.6 is 0 Å². The molecule has 0 bridgehead atoms. The van der Waals surface area contributed by atoms with Crippen LogP contribution in [0, 0.1) is 20.8 Å². The Labute approximate surface area is 147 Å². The van der Waals surface area contributed by atoms with Crippen molar-refractivity contribution < 1.29 is 0 Å². The van der Waals surface area contributed by atoms with Gasteiger partial charge in [0, 0.05) is 0 Å². The standard InChI is InChI=1S/C25H20/c1-15-7-8-18-9-10-23-22-12-11-19-16(2)5-4-6-20(19)21(22)13-14-24(23)25(18)17(15)3/h4-14H,1-3H3. The Bertz CT molecular complexity index is 1310. The molecule has 5 rings (SSSR count). The van der Waals surface area contributed by atoms with Crippen LogP contribution in [0.2, 0.25) is 0 Å². The lowest BCUT2D eigenvalue weighted by atomic mass is 9.91. The fraction of sp³-hybridized carbons (Fsp3) is 0.120. The summed E-state index contributed by atoms with van der Waals surface area (Å²) in [5.74, 6) is 0. The summed E-state index contributed by atoms with van der Waals surface area (Å²) in [4.78, 5) is 0. The second kappa shape index (κ2) is 5.07. The van der Waals surface area contributed by atoms with E-state index in [1.807, 2.05) is 0 Å². The summed E-state index contributed by atoms with van der Waals surface area (Å²) in [6.45, 7) is 6.63. The summed E-state index contributed by atoms with van der Waals surface area (Å²) in [5.41, 5.74) is 4.08. The van der Waals surface area contributed by atoms with E-state index in [-0.39, 0.29) is 0 Å². The third-order valence-corrected chi connectivity index (χ3v) is 5.79. The van der Waals surface area contributed by atoms with Gasteiger partial charge in [0.1, 0.15) is 0 Å². The van der Waals surface area contributed by atoms with Crippen LogP contribution in [-0.2, 0) is 0 Å². The Morgan fingerprint density at radius 3 is 1.80 bits per heavy atom. The minimum atomic E-state index is 1.33. The first-order valence-corrected chi connectivity index (χ1v) is 8.89. The lowest BCUT2D eigenvalue weighted by Gasteiger charge is -2.13. The molecule has 5 aromatic rings. The molecule has 0 spiro atoms. The average molecular weight is 320 g/mol. The normalized spacial score (nSPS) is 11.8. The Morgan fingerprint density at radius 1 is 0.440 bits per heavy atom. The van der Waals surface area contributed by atoms with E-state index in [9.17, 15) is 0 Å². The number of hydrogen-bond donors (Lipinski definition) is 0. The van der Waals surface area contributed by atoms with Gasteiger partial charge in [-0.05, 0) is 80.6 Å². The van der Waals surface area contributed by atoms with E-state index in [2.05, 4.69) is 87.5 Å². The van der Waals surface area contributed by atoms with Crippen molar-refractivity contribution in [2.75, 3.05) is 0 Å². The van der Waals surface area contributed by atoms with Crippen molar-refractivity contribution in [2.45, 2.75) is 20.8 Å². The molecule has 0 aliphatic carbocycles. The Balaban J connectivity index is 2.02. The number of benzene rings is 5. The van der Waals surface area contributed by atoms with Crippen molar-refractivity contribution >= 4 is 43.1 Å². The third-order valence-electron chi connectivity index (χ3n) is 5.79. The second-order valence-corrected chi connectivity index (χ2v) is 7.16. The maximum absolute atomic E-state index is 2.31. The van der Waals surface area contributed by atoms with Gasteiger partial charge in [0.05, 0.1) is 0 Å². The quantitative estimate of drug-likeness (QED) is 0.264. The highest BCUT2D eigenvalue weighted by Gasteiger charge is 2.10. The minimum Gasteiger partial charge on any atom is -0.0613 e. The number of rotatable bonds is 0. The van der Waals surface area contributed by atoms with Gasteiger partial charge in [0.2, 0.25) is 0 Å². The number of fused-ring (bicyclic) bond motifs is 7. The predicted molar refractivity (Wildman–Crippen MR) is 111 cm³/mol. The van der Waals surface area contributed by atoms with E-state index in [0.717, 1.165) is 0 Å². The average Bonchev–Trinajstić information content (AvgIpc) is 2.64. The number of aryl methyl sites for hydroxylation is 3. The molecule has 0 saturated heterocycles. The smallest absolute Gasteiger partial charge is 0.00733 e. The monoisotopic (exact) mass is 320 g/mol. The van der Waals surface area contributed by atoms with Crippen molar-refractivity contribution in [3.05, 3.63) is 83.4 Å². The zero-order valence-electron chi connectivity index (χ0n) is 14.9. The van der Waals surface area contributed by atoms with Gasteiger partial charge in [0.15, 0.2) is 0 Å². The van der Waals surface area contributed by atoms with E-state index in [0.29, 0.717) is 0 Å². The molecule has 0 fully saturated rings. The Hall–Kier alpha value is -2.86. The van der Waals surface area contributed by atoms with Gasteiger partial charge in [-0.25, -0.2) is 0 Å². The molecule has 0 heterocycles. The molecule has 0 unspecified atom stereocenters. The SMILES string of the molecule is Cc1ccc2ccc3c4ccc5c(C)cccc5c4ccc3c2c1C. The molecular weight excluding hydrogens is 300 g/mol. The van der Waals surface area contributed by atoms with Crippen LogP contribution in [-0.4, -0.2) is 0 Å². The maximum atomic E-state index is 2.31. The largest absolute Gasteiger partial charge is 0.0613 e. The van der Waals surface area contributed by atoms with Crippen molar-refractivity contribution in [2.24, 2.45) is 0 Å². The van der Waals surface area contributed by atoms with Gasteiger partial charge in [-0.15, -0.1) is 0 Å². The summed E-state index contributed by atoms with van der Waals surface area (Å²) in [5, 5.41) is 10.8. The van der Waals surface area contributed by atoms with Crippen molar-refractivity contribution in [3.63, 3.8) is 0 Å². The summed E-state index contributed by atoms with van der Waals surface area (Å²) in [6.07, 6.45) is 0. The fourth-order valence-electron chi connectivity index (χ4n) is 4.26. The zero-order chi connectivity index (χ0) is 17.1. The molecule has 0 radical (unpaired) electrons. The predicted octanol–water partition coefficient (Wildman–Crippen LogP) is 7.22. The lowest BCUT2D eigenvalue weighted by molar-refractivity contribution is 1.39. The molecular formula is C25H20. The first kappa shape index (κ1) is 14.5. The molecule has 5 aromatic carbocycles. The van der Waals surface area contributed by atoms with Gasteiger partial charge < -0.3 is 0 Å². The van der Waals surface area contributed by atoms with Gasteiger partial charge in [0.25, 0.3) is 0 Å². The van der Waals surface area contributed by atoms with Crippen molar-refractivity contribution in [1.29, 1.82) is 0 Å². The first-order chi connectivity index (χ1) is 12.1. The molecule has 120 valence electrons. The van der Waals surface area contributed by atoms with E-state index in [1.165, 1.54) is 59.8 Å². The van der Waals surface area contributed by atoms with Gasteiger partial charge in [-0.3, -0.25) is 0 Å². The lowest BCUT2D eigenvalue weighted by Crippen LogP contribution is -1.88. The molecule has 0 aliphatic rings. The second-order valence-electron chi connectivity index (χ2n) is 7.16. The van der Waals surface area contributed by atoms with Crippen LogP contribution < -0.4 is 0 Å². The van der Waals surface area contributed by atoms with Crippen molar-refractivity contribution in [3.8, 4) is 0 Å². The topological polar surface area (TPSA) is 0 Å². The van der Waals surface area contributed by atoms with E-state index < -0.39 is 0 Å². The summed E-state index contributed by atoms with van der Waals surface area (Å²) < 4.78 is 0. The maximum Gasteiger partial charge on any atom is -0.00733 e. The Kier molecular flexibility index (Phi) is 2.93. The van der Waals surface area contributed by atoms with Gasteiger partial charge >= 0.3 is 0 Å². The van der Waals surface area contributed by atoms with Crippen LogP contribution in [0.4, 0.5) is 0 Å². The van der Waals surface area contributed by atoms with Crippen LogP contribution in [0.25, 0.3) is 43.1 Å². The number of hydrogen-bond acceptors (Lipinski definition) is 0. The van der Waals surface area contributed by atoms with E-state index in [4.69, 9.17) is 0 Å². The Morgan fingerprint density at radius 2 is 1.00 bits per heavy atom. The molecule has 0 N–H and O–H groups in total. The molecule has 0 nitrogen and oxygen atoms in total. The highest BCUT2D eigenvalue weighted by atomic mass is 14.1. The highest BCUT2D eigenvalue weighted by Crippen LogP contribution is 2.36. The first-order valence-electron chi connectivity index (χ1n) is 8.89. The third kappa shape index (κ3) is 1.94. The summed E-state index contributed by atoms with van der Waals surface area (Å²) in [6, 6.07) is 24.8. The van der Waals surface area contributed by atoms with Crippen LogP contribution in [0.1, 0.15) is 16.7 Å². The molecule has 0 saturated carbocycles. The summed E-state index contributed by atoms with van der Waals surface area (Å²) >= 11 is 0. The summed E-state index contributed by atoms with van der Waals surface area (Å²) in [7, 11) is 0. The van der Waals surface area contributed by atoms with Crippen molar-refractivity contribution in [1.82, 2.24) is 0 Å². The molecule has 0 heteroatoms. The molecule has 0 amide bonds. The van der Waals surface area contributed by atoms with Crippen LogP contribution in [0.5, 0.6) is 0 Å². The molecule has 0 atom stereocenters. The van der Waals surface area contributed by atoms with E-state index >= 15 is 0 Å². The highest BCUT2D eigenvalue weighted by molar-refractivity contribution is 6.22. The molecule has 25 heavy (non-hydrogen) atoms. The van der Waals surface area contributed by atoms with Crippen LogP contribution in [0.15, 0.2) is 66.7 Å². The minimum absolute atomic E-state index is 1.33. The zero-order valence-corrected chi connectivity index (χ0v) is 14.9. The molecule has 0 aromatic heterocycles. The van der Waals surface area contributed by atoms with E-state index in [1.54, 1.807) is 0 Å². The van der Waals surface area contributed by atoms with Gasteiger partial charge in [-0.2, -0.15) is 0 Å². The van der Waals surface area contributed by atoms with Crippen LogP contribution in [0.3, 0.4) is 0 Å². The fourth-order valence-corrected chi connectivity index (χ4v) is 4.26.